The van der Waals surface area contributed by atoms with Crippen LogP contribution in [0.3, 0.4) is 0 Å². The molecule has 4 nitrogen and oxygen atoms in total. The molecule has 0 aliphatic carbocycles. The van der Waals surface area contributed by atoms with E-state index >= 15 is 0 Å². The Bertz CT molecular complexity index is 545. The Morgan fingerprint density at radius 3 is 2.94 bits per heavy atom. The van der Waals surface area contributed by atoms with E-state index in [9.17, 15) is 0 Å². The van der Waals surface area contributed by atoms with Crippen LogP contribution in [-0.4, -0.2) is 10.2 Å². The molecular formula is C14H14N4. The minimum atomic E-state index is 0.167. The highest BCUT2D eigenvalue weighted by Crippen LogP contribution is 2.14. The summed E-state index contributed by atoms with van der Waals surface area (Å²) in [4.78, 5) is 0. The first-order chi connectivity index (χ1) is 8.79. The molecule has 2 aromatic rings. The summed E-state index contributed by atoms with van der Waals surface area (Å²) in [5.74, 6) is 0. The molecule has 90 valence electrons. The zero-order chi connectivity index (χ0) is 12.8. The third-order valence-corrected chi connectivity index (χ3v) is 2.73. The van der Waals surface area contributed by atoms with Crippen molar-refractivity contribution in [2.24, 2.45) is 0 Å². The Morgan fingerprint density at radius 2 is 2.22 bits per heavy atom. The first-order valence-corrected chi connectivity index (χ1v) is 5.79. The van der Waals surface area contributed by atoms with E-state index in [1.807, 2.05) is 30.3 Å². The molecule has 0 aliphatic rings. The molecule has 1 unspecified atom stereocenters. The van der Waals surface area contributed by atoms with Crippen molar-refractivity contribution < 1.29 is 0 Å². The predicted molar refractivity (Wildman–Crippen MR) is 68.4 cm³/mol. The lowest BCUT2D eigenvalue weighted by Crippen LogP contribution is -2.19. The lowest BCUT2D eigenvalue weighted by molar-refractivity contribution is 0.564. The molecule has 1 atom stereocenters. The van der Waals surface area contributed by atoms with Gasteiger partial charge in [0.05, 0.1) is 17.3 Å². The van der Waals surface area contributed by atoms with Crippen LogP contribution in [0.2, 0.25) is 0 Å². The van der Waals surface area contributed by atoms with Gasteiger partial charge < -0.3 is 5.32 Å². The molecule has 1 heterocycles. The van der Waals surface area contributed by atoms with Crippen LogP contribution in [0.25, 0.3) is 0 Å². The Hall–Kier alpha value is -2.25. The third kappa shape index (κ3) is 3.12. The van der Waals surface area contributed by atoms with Crippen molar-refractivity contribution in [1.29, 1.82) is 5.26 Å². The molecule has 2 rings (SSSR count). The van der Waals surface area contributed by atoms with Gasteiger partial charge in [-0.2, -0.15) is 15.5 Å². The van der Waals surface area contributed by atoms with Gasteiger partial charge >= 0.3 is 0 Å². The number of benzene rings is 1. The SMILES string of the molecule is CC(NCc1cccnn1)c1cccc(C#N)c1. The van der Waals surface area contributed by atoms with Gasteiger partial charge in [0.1, 0.15) is 0 Å². The van der Waals surface area contributed by atoms with Crippen LogP contribution in [0.15, 0.2) is 42.6 Å². The topological polar surface area (TPSA) is 61.6 Å². The van der Waals surface area contributed by atoms with Crippen LogP contribution in [0.4, 0.5) is 0 Å². The van der Waals surface area contributed by atoms with Gasteiger partial charge in [-0.1, -0.05) is 12.1 Å². The third-order valence-electron chi connectivity index (χ3n) is 2.73. The molecule has 0 fully saturated rings. The Morgan fingerprint density at radius 1 is 1.33 bits per heavy atom. The minimum absolute atomic E-state index is 0.167. The largest absolute Gasteiger partial charge is 0.304 e. The van der Waals surface area contributed by atoms with Gasteiger partial charge in [-0.3, -0.25) is 0 Å². The summed E-state index contributed by atoms with van der Waals surface area (Å²) in [5, 5.41) is 20.1. The van der Waals surface area contributed by atoms with Crippen LogP contribution in [-0.2, 0) is 6.54 Å². The van der Waals surface area contributed by atoms with Crippen LogP contribution in [0, 0.1) is 11.3 Å². The number of hydrogen-bond acceptors (Lipinski definition) is 4. The maximum absolute atomic E-state index is 8.86. The Balaban J connectivity index is 1.99. The second kappa shape index (κ2) is 5.89. The highest BCUT2D eigenvalue weighted by molar-refractivity contribution is 5.34. The lowest BCUT2D eigenvalue weighted by atomic mass is 10.1. The zero-order valence-corrected chi connectivity index (χ0v) is 10.2. The number of aromatic nitrogens is 2. The normalized spacial score (nSPS) is 11.8. The molecule has 0 amide bonds. The molecular weight excluding hydrogens is 224 g/mol. The number of nitriles is 1. The van der Waals surface area contributed by atoms with Crippen molar-refractivity contribution in [3.8, 4) is 6.07 Å². The second-order valence-corrected chi connectivity index (χ2v) is 4.05. The molecule has 0 spiro atoms. The van der Waals surface area contributed by atoms with Gasteiger partial charge in [0, 0.05) is 18.8 Å². The van der Waals surface area contributed by atoms with Crippen molar-refractivity contribution in [2.45, 2.75) is 19.5 Å². The van der Waals surface area contributed by atoms with Gasteiger partial charge in [0.25, 0.3) is 0 Å². The standard InChI is InChI=1S/C14H14N4/c1-11(13-5-2-4-12(8-13)9-15)16-10-14-6-3-7-17-18-14/h2-8,11,16H,10H2,1H3. The summed E-state index contributed by atoms with van der Waals surface area (Å²) < 4.78 is 0. The summed E-state index contributed by atoms with van der Waals surface area (Å²) >= 11 is 0. The van der Waals surface area contributed by atoms with E-state index < -0.39 is 0 Å². The van der Waals surface area contributed by atoms with Crippen molar-refractivity contribution >= 4 is 0 Å². The average molecular weight is 238 g/mol. The number of nitrogens with one attached hydrogen (secondary N) is 1. The molecule has 0 radical (unpaired) electrons. The van der Waals surface area contributed by atoms with E-state index in [1.165, 1.54) is 0 Å². The summed E-state index contributed by atoms with van der Waals surface area (Å²) in [6.45, 7) is 2.72. The van der Waals surface area contributed by atoms with E-state index in [0.717, 1.165) is 11.3 Å². The molecule has 18 heavy (non-hydrogen) atoms. The molecule has 4 heteroatoms. The van der Waals surface area contributed by atoms with Crippen molar-refractivity contribution in [3.05, 3.63) is 59.4 Å². The molecule has 0 saturated heterocycles. The Kier molecular flexibility index (Phi) is 4.00. The highest BCUT2D eigenvalue weighted by atomic mass is 15.1. The number of rotatable bonds is 4. The van der Waals surface area contributed by atoms with E-state index in [1.54, 1.807) is 12.3 Å². The van der Waals surface area contributed by atoms with Crippen LogP contribution in [0.5, 0.6) is 0 Å². The van der Waals surface area contributed by atoms with E-state index in [4.69, 9.17) is 5.26 Å². The van der Waals surface area contributed by atoms with Crippen molar-refractivity contribution in [1.82, 2.24) is 15.5 Å². The minimum Gasteiger partial charge on any atom is -0.304 e. The first-order valence-electron chi connectivity index (χ1n) is 5.79. The second-order valence-electron chi connectivity index (χ2n) is 4.05. The van der Waals surface area contributed by atoms with Crippen LogP contribution in [0.1, 0.15) is 29.8 Å². The highest BCUT2D eigenvalue weighted by Gasteiger charge is 2.05. The van der Waals surface area contributed by atoms with Crippen LogP contribution >= 0.6 is 0 Å². The zero-order valence-electron chi connectivity index (χ0n) is 10.2. The fourth-order valence-corrected chi connectivity index (χ4v) is 1.68. The maximum Gasteiger partial charge on any atom is 0.0991 e. The number of nitrogens with zero attached hydrogens (tertiary/aromatic N) is 3. The average Bonchev–Trinajstić information content (AvgIpc) is 2.46. The van der Waals surface area contributed by atoms with E-state index in [2.05, 4.69) is 28.5 Å². The van der Waals surface area contributed by atoms with Crippen LogP contribution < -0.4 is 5.32 Å². The van der Waals surface area contributed by atoms with Crippen molar-refractivity contribution in [3.63, 3.8) is 0 Å². The Labute approximate surface area is 106 Å². The van der Waals surface area contributed by atoms with Gasteiger partial charge in [-0.05, 0) is 36.8 Å². The number of hydrogen-bond donors (Lipinski definition) is 1. The molecule has 0 bridgehead atoms. The smallest absolute Gasteiger partial charge is 0.0991 e. The molecule has 1 N–H and O–H groups in total. The van der Waals surface area contributed by atoms with Gasteiger partial charge in [0.2, 0.25) is 0 Å². The summed E-state index contributed by atoms with van der Waals surface area (Å²) in [6, 6.07) is 13.7. The molecule has 1 aromatic carbocycles. The predicted octanol–water partition coefficient (Wildman–Crippen LogP) is 2.20. The fraction of sp³-hybridized carbons (Fsp3) is 0.214. The first kappa shape index (κ1) is 12.2. The van der Waals surface area contributed by atoms with Gasteiger partial charge in [-0.15, -0.1) is 0 Å². The molecule has 0 aliphatic heterocycles. The van der Waals surface area contributed by atoms with Gasteiger partial charge in [-0.25, -0.2) is 0 Å². The monoisotopic (exact) mass is 238 g/mol. The maximum atomic E-state index is 8.86. The molecule has 1 aromatic heterocycles. The summed E-state index contributed by atoms with van der Waals surface area (Å²) in [5.41, 5.74) is 2.68. The van der Waals surface area contributed by atoms with Gasteiger partial charge in [0.15, 0.2) is 0 Å². The summed E-state index contributed by atoms with van der Waals surface area (Å²) in [6.07, 6.45) is 1.66. The quantitative estimate of drug-likeness (QED) is 0.887. The summed E-state index contributed by atoms with van der Waals surface area (Å²) in [7, 11) is 0. The van der Waals surface area contributed by atoms with E-state index in [-0.39, 0.29) is 6.04 Å². The van der Waals surface area contributed by atoms with Crippen molar-refractivity contribution in [2.75, 3.05) is 0 Å². The van der Waals surface area contributed by atoms with E-state index in [0.29, 0.717) is 12.1 Å². The molecule has 0 saturated carbocycles. The lowest BCUT2D eigenvalue weighted by Gasteiger charge is -2.13. The fourth-order valence-electron chi connectivity index (χ4n) is 1.68.